The molecule has 1 fully saturated rings. The van der Waals surface area contributed by atoms with Crippen LogP contribution in [0.25, 0.3) is 6.08 Å². The first-order valence-electron chi connectivity index (χ1n) is 9.04. The lowest BCUT2D eigenvalue weighted by Crippen LogP contribution is -2.36. The summed E-state index contributed by atoms with van der Waals surface area (Å²) in [4.78, 5) is 14.4. The van der Waals surface area contributed by atoms with Crippen molar-refractivity contribution in [3.05, 3.63) is 70.5 Å². The molecule has 1 atom stereocenters. The number of aliphatic hydroxyl groups is 1. The molecule has 0 radical (unpaired) electrons. The quantitative estimate of drug-likeness (QED) is 0.726. The molecule has 0 saturated carbocycles. The number of carbonyl (C=O) groups excluding carboxylic acids is 1. The average molecular weight is 405 g/mol. The standard InChI is InChI=1S/C21H22ClFN2O3/c22-17-6-4-15(19(23)13-17)5-7-21(27)24-20(14-26)16-2-1-3-18(12-16)25-8-10-28-11-9-25/h1-7,12-13,20,26H,8-11,14H2,(H,24,27)/t20-/m1/s1. The van der Waals surface area contributed by atoms with E-state index in [2.05, 4.69) is 10.2 Å². The fraction of sp³-hybridized carbons (Fsp3) is 0.286. The zero-order chi connectivity index (χ0) is 19.9. The maximum atomic E-state index is 13.8. The first-order valence-corrected chi connectivity index (χ1v) is 9.42. The van der Waals surface area contributed by atoms with Gasteiger partial charge < -0.3 is 20.1 Å². The molecule has 1 amide bonds. The first kappa shape index (κ1) is 20.3. The Hall–Kier alpha value is -2.41. The first-order chi connectivity index (χ1) is 13.6. The molecule has 148 valence electrons. The third-order valence-electron chi connectivity index (χ3n) is 4.52. The molecule has 0 unspecified atom stereocenters. The molecule has 0 aromatic heterocycles. The van der Waals surface area contributed by atoms with Crippen LogP contribution in [0.3, 0.4) is 0 Å². The van der Waals surface area contributed by atoms with Crippen molar-refractivity contribution in [2.45, 2.75) is 6.04 Å². The van der Waals surface area contributed by atoms with Crippen molar-refractivity contribution in [1.29, 1.82) is 0 Å². The summed E-state index contributed by atoms with van der Waals surface area (Å²) in [5.41, 5.74) is 2.08. The lowest BCUT2D eigenvalue weighted by molar-refractivity contribution is -0.117. The summed E-state index contributed by atoms with van der Waals surface area (Å²) in [6.07, 6.45) is 2.61. The molecule has 2 N–H and O–H groups in total. The highest BCUT2D eigenvalue weighted by molar-refractivity contribution is 6.30. The van der Waals surface area contributed by atoms with Crippen LogP contribution in [0.1, 0.15) is 17.2 Å². The summed E-state index contributed by atoms with van der Waals surface area (Å²) in [5.74, 6) is -0.932. The molecule has 0 bridgehead atoms. The highest BCUT2D eigenvalue weighted by Crippen LogP contribution is 2.22. The van der Waals surface area contributed by atoms with Gasteiger partial charge in [0.15, 0.2) is 0 Å². The summed E-state index contributed by atoms with van der Waals surface area (Å²) in [5, 5.41) is 12.8. The summed E-state index contributed by atoms with van der Waals surface area (Å²) in [6.45, 7) is 2.71. The molecule has 0 spiro atoms. The number of hydrogen-bond acceptors (Lipinski definition) is 4. The van der Waals surface area contributed by atoms with Crippen LogP contribution in [-0.2, 0) is 9.53 Å². The van der Waals surface area contributed by atoms with Crippen molar-refractivity contribution in [3.8, 4) is 0 Å². The maximum Gasteiger partial charge on any atom is 0.244 e. The zero-order valence-corrected chi connectivity index (χ0v) is 16.0. The molecule has 1 saturated heterocycles. The van der Waals surface area contributed by atoms with E-state index >= 15 is 0 Å². The van der Waals surface area contributed by atoms with E-state index in [1.165, 1.54) is 24.3 Å². The van der Waals surface area contributed by atoms with Gasteiger partial charge in [-0.3, -0.25) is 4.79 Å². The minimum atomic E-state index is -0.562. The number of amides is 1. The predicted octanol–water partition coefficient (Wildman–Crippen LogP) is 3.18. The van der Waals surface area contributed by atoms with Gasteiger partial charge in [-0.1, -0.05) is 29.8 Å². The van der Waals surface area contributed by atoms with Gasteiger partial charge in [0, 0.05) is 35.4 Å². The number of aliphatic hydroxyl groups excluding tert-OH is 1. The number of nitrogens with zero attached hydrogens (tertiary/aromatic N) is 1. The van der Waals surface area contributed by atoms with Crippen LogP contribution in [0.4, 0.5) is 10.1 Å². The number of morpholine rings is 1. The Morgan fingerprint density at radius 1 is 1.29 bits per heavy atom. The minimum Gasteiger partial charge on any atom is -0.394 e. The van der Waals surface area contributed by atoms with Gasteiger partial charge in [-0.2, -0.15) is 0 Å². The Kier molecular flexibility index (Phi) is 7.03. The molecule has 28 heavy (non-hydrogen) atoms. The third kappa shape index (κ3) is 5.32. The van der Waals surface area contributed by atoms with E-state index < -0.39 is 17.8 Å². The lowest BCUT2D eigenvalue weighted by atomic mass is 10.1. The number of halogens is 2. The van der Waals surface area contributed by atoms with Gasteiger partial charge in [-0.05, 0) is 35.9 Å². The molecule has 3 rings (SSSR count). The number of hydrogen-bond donors (Lipinski definition) is 2. The summed E-state index contributed by atoms with van der Waals surface area (Å²) in [6, 6.07) is 11.4. The zero-order valence-electron chi connectivity index (χ0n) is 15.3. The minimum absolute atomic E-state index is 0.249. The Labute approximate surface area is 168 Å². The van der Waals surface area contributed by atoms with E-state index in [0.29, 0.717) is 18.2 Å². The number of carbonyl (C=O) groups is 1. The molecule has 5 nitrogen and oxygen atoms in total. The molecule has 2 aromatic rings. The van der Waals surface area contributed by atoms with Crippen molar-refractivity contribution in [1.82, 2.24) is 5.32 Å². The molecule has 1 aliphatic heterocycles. The summed E-state index contributed by atoms with van der Waals surface area (Å²) in [7, 11) is 0. The summed E-state index contributed by atoms with van der Waals surface area (Å²) >= 11 is 5.72. The van der Waals surface area contributed by atoms with E-state index in [-0.39, 0.29) is 12.2 Å². The van der Waals surface area contributed by atoms with Crippen LogP contribution in [0.5, 0.6) is 0 Å². The van der Waals surface area contributed by atoms with Gasteiger partial charge in [-0.15, -0.1) is 0 Å². The van der Waals surface area contributed by atoms with Crippen molar-refractivity contribution < 1.29 is 19.0 Å². The Morgan fingerprint density at radius 2 is 2.07 bits per heavy atom. The van der Waals surface area contributed by atoms with Crippen LogP contribution >= 0.6 is 11.6 Å². The van der Waals surface area contributed by atoms with Crippen molar-refractivity contribution in [2.75, 3.05) is 37.8 Å². The SMILES string of the molecule is O=C(C=Cc1ccc(Cl)cc1F)N[C@H](CO)c1cccc(N2CCOCC2)c1. The molecule has 7 heteroatoms. The highest BCUT2D eigenvalue weighted by atomic mass is 35.5. The Bertz CT molecular complexity index is 853. The Balaban J connectivity index is 1.67. The van der Waals surface area contributed by atoms with Gasteiger partial charge in [0.05, 0.1) is 25.9 Å². The molecule has 2 aromatic carbocycles. The molecule has 1 aliphatic rings. The van der Waals surface area contributed by atoms with Gasteiger partial charge >= 0.3 is 0 Å². The van der Waals surface area contributed by atoms with Crippen LogP contribution < -0.4 is 10.2 Å². The molecule has 0 aliphatic carbocycles. The van der Waals surface area contributed by atoms with Gasteiger partial charge in [-0.25, -0.2) is 4.39 Å². The number of nitrogens with one attached hydrogen (secondary N) is 1. The van der Waals surface area contributed by atoms with E-state index in [9.17, 15) is 14.3 Å². The van der Waals surface area contributed by atoms with Gasteiger partial charge in [0.25, 0.3) is 0 Å². The molecular formula is C21H22ClFN2O3. The van der Waals surface area contributed by atoms with Crippen molar-refractivity contribution in [2.24, 2.45) is 0 Å². The van der Waals surface area contributed by atoms with E-state index in [1.807, 2.05) is 24.3 Å². The molecule has 1 heterocycles. The van der Waals surface area contributed by atoms with Crippen molar-refractivity contribution >= 4 is 29.3 Å². The van der Waals surface area contributed by atoms with Crippen molar-refractivity contribution in [3.63, 3.8) is 0 Å². The normalized spacial score (nSPS) is 15.6. The largest absolute Gasteiger partial charge is 0.394 e. The second-order valence-electron chi connectivity index (χ2n) is 6.44. The van der Waals surface area contributed by atoms with Gasteiger partial charge in [0.1, 0.15) is 5.82 Å². The third-order valence-corrected chi connectivity index (χ3v) is 4.76. The monoisotopic (exact) mass is 404 g/mol. The van der Waals surface area contributed by atoms with Crippen LogP contribution in [0.15, 0.2) is 48.5 Å². The van der Waals surface area contributed by atoms with Crippen LogP contribution in [0, 0.1) is 5.82 Å². The van der Waals surface area contributed by atoms with E-state index in [1.54, 1.807) is 6.07 Å². The number of rotatable bonds is 6. The lowest BCUT2D eigenvalue weighted by Gasteiger charge is -2.29. The topological polar surface area (TPSA) is 61.8 Å². The van der Waals surface area contributed by atoms with E-state index in [0.717, 1.165) is 24.3 Å². The maximum absolute atomic E-state index is 13.8. The average Bonchev–Trinajstić information content (AvgIpc) is 2.72. The van der Waals surface area contributed by atoms with E-state index in [4.69, 9.17) is 16.3 Å². The molecular weight excluding hydrogens is 383 g/mol. The summed E-state index contributed by atoms with van der Waals surface area (Å²) < 4.78 is 19.2. The fourth-order valence-corrected chi connectivity index (χ4v) is 3.17. The number of benzene rings is 2. The number of ether oxygens (including phenoxy) is 1. The van der Waals surface area contributed by atoms with Gasteiger partial charge in [0.2, 0.25) is 5.91 Å². The second-order valence-corrected chi connectivity index (χ2v) is 6.87. The van der Waals surface area contributed by atoms with Crippen LogP contribution in [-0.4, -0.2) is 43.9 Å². The predicted molar refractivity (Wildman–Crippen MR) is 108 cm³/mol. The van der Waals surface area contributed by atoms with Crippen LogP contribution in [0.2, 0.25) is 5.02 Å². The number of anilines is 1. The smallest absolute Gasteiger partial charge is 0.244 e. The fourth-order valence-electron chi connectivity index (χ4n) is 3.02. The highest BCUT2D eigenvalue weighted by Gasteiger charge is 2.16. The Morgan fingerprint density at radius 3 is 2.79 bits per heavy atom. The second kappa shape index (κ2) is 9.68.